The van der Waals surface area contributed by atoms with Gasteiger partial charge >= 0.3 is 6.09 Å². The summed E-state index contributed by atoms with van der Waals surface area (Å²) in [6.45, 7) is 1.78. The molecule has 6 nitrogen and oxygen atoms in total. The van der Waals surface area contributed by atoms with Gasteiger partial charge in [-0.15, -0.1) is 6.42 Å². The Morgan fingerprint density at radius 3 is 2.69 bits per heavy atom. The van der Waals surface area contributed by atoms with E-state index in [9.17, 15) is 17.8 Å². The number of benzene rings is 1. The van der Waals surface area contributed by atoms with Crippen molar-refractivity contribution >= 4 is 21.7 Å². The SMILES string of the molecule is C#Cc1ccc(F)c([C@]2(CF)C[S@@](=O)(=NC)C(C)(C)C(NC(=O)O)=N2)c1. The van der Waals surface area contributed by atoms with Crippen molar-refractivity contribution in [1.82, 2.24) is 5.32 Å². The van der Waals surface area contributed by atoms with Crippen molar-refractivity contribution in [3.63, 3.8) is 0 Å². The monoisotopic (exact) mass is 383 g/mol. The Morgan fingerprint density at radius 1 is 1.54 bits per heavy atom. The smallest absolute Gasteiger partial charge is 0.410 e. The van der Waals surface area contributed by atoms with Gasteiger partial charge in [0.05, 0.1) is 15.5 Å². The molecule has 1 aromatic carbocycles. The number of rotatable bonds is 2. The number of nitrogens with one attached hydrogen (secondary N) is 1. The molecule has 1 amide bonds. The summed E-state index contributed by atoms with van der Waals surface area (Å²) in [6.07, 6.45) is 3.88. The molecule has 0 saturated carbocycles. The summed E-state index contributed by atoms with van der Waals surface area (Å²) < 4.78 is 44.7. The Balaban J connectivity index is 2.85. The van der Waals surface area contributed by atoms with E-state index in [0.717, 1.165) is 6.07 Å². The maximum absolute atomic E-state index is 14.5. The van der Waals surface area contributed by atoms with Crippen LogP contribution in [-0.4, -0.2) is 45.5 Å². The van der Waals surface area contributed by atoms with Gasteiger partial charge in [-0.1, -0.05) is 5.92 Å². The van der Waals surface area contributed by atoms with Crippen LogP contribution in [0.2, 0.25) is 0 Å². The molecule has 0 saturated heterocycles. The van der Waals surface area contributed by atoms with E-state index in [4.69, 9.17) is 11.5 Å². The van der Waals surface area contributed by atoms with Crippen LogP contribution in [0.3, 0.4) is 0 Å². The average molecular weight is 383 g/mol. The summed E-state index contributed by atoms with van der Waals surface area (Å²) >= 11 is 0. The van der Waals surface area contributed by atoms with Crippen molar-refractivity contribution in [2.24, 2.45) is 9.36 Å². The van der Waals surface area contributed by atoms with Crippen molar-refractivity contribution < 1.29 is 22.9 Å². The molecule has 26 heavy (non-hydrogen) atoms. The van der Waals surface area contributed by atoms with Gasteiger partial charge in [0.25, 0.3) is 0 Å². The number of amidine groups is 1. The molecule has 0 aromatic heterocycles. The first-order chi connectivity index (χ1) is 12.0. The molecule has 1 heterocycles. The second-order valence-corrected chi connectivity index (χ2v) is 9.33. The third kappa shape index (κ3) is 3.05. The summed E-state index contributed by atoms with van der Waals surface area (Å²) in [7, 11) is -1.90. The molecule has 1 aromatic rings. The first-order valence-corrected chi connectivity index (χ1v) is 9.29. The number of aliphatic imine (C=N–C) groups is 1. The highest BCUT2D eigenvalue weighted by Crippen LogP contribution is 2.40. The molecule has 1 aliphatic heterocycles. The van der Waals surface area contributed by atoms with Crippen molar-refractivity contribution in [1.29, 1.82) is 0 Å². The van der Waals surface area contributed by atoms with Crippen molar-refractivity contribution in [2.75, 3.05) is 19.5 Å². The summed E-state index contributed by atoms with van der Waals surface area (Å²) in [5.74, 6) is 0.900. The van der Waals surface area contributed by atoms with Crippen molar-refractivity contribution in [2.45, 2.75) is 24.1 Å². The molecule has 0 aliphatic carbocycles. The molecule has 2 atom stereocenters. The molecule has 0 bridgehead atoms. The van der Waals surface area contributed by atoms with Gasteiger partial charge in [-0.25, -0.2) is 22.1 Å². The minimum absolute atomic E-state index is 0.188. The van der Waals surface area contributed by atoms with E-state index in [1.807, 2.05) is 0 Å². The Bertz CT molecular complexity index is 943. The minimum atomic E-state index is -3.20. The van der Waals surface area contributed by atoms with Crippen LogP contribution in [-0.2, 0) is 15.3 Å². The van der Waals surface area contributed by atoms with Crippen LogP contribution in [0.4, 0.5) is 13.6 Å². The Kier molecular flexibility index (Phi) is 5.10. The van der Waals surface area contributed by atoms with E-state index in [1.165, 1.54) is 33.0 Å². The zero-order valence-electron chi connectivity index (χ0n) is 14.5. The lowest BCUT2D eigenvalue weighted by atomic mass is 9.91. The fourth-order valence-corrected chi connectivity index (χ4v) is 5.15. The van der Waals surface area contributed by atoms with Crippen molar-refractivity contribution in [3.8, 4) is 12.3 Å². The summed E-state index contributed by atoms with van der Waals surface area (Å²) in [4.78, 5) is 15.3. The number of nitrogens with zero attached hydrogens (tertiary/aromatic N) is 2. The van der Waals surface area contributed by atoms with E-state index < -0.39 is 44.4 Å². The van der Waals surface area contributed by atoms with Gasteiger partial charge in [-0.2, -0.15) is 0 Å². The molecule has 9 heteroatoms. The number of terminal acetylenes is 1. The summed E-state index contributed by atoms with van der Waals surface area (Å²) in [6, 6.07) is 3.68. The molecule has 0 radical (unpaired) electrons. The highest BCUT2D eigenvalue weighted by molar-refractivity contribution is 7.95. The minimum Gasteiger partial charge on any atom is -0.465 e. The second kappa shape index (κ2) is 6.68. The molecule has 2 rings (SSSR count). The zero-order chi connectivity index (χ0) is 19.8. The van der Waals surface area contributed by atoms with Crippen LogP contribution in [0.5, 0.6) is 0 Å². The van der Waals surface area contributed by atoms with Crippen LogP contribution < -0.4 is 5.32 Å². The first-order valence-electron chi connectivity index (χ1n) is 7.60. The molecular formula is C17H19F2N3O3S. The van der Waals surface area contributed by atoms with Gasteiger partial charge in [0.1, 0.15) is 28.6 Å². The highest BCUT2D eigenvalue weighted by atomic mass is 32.2. The average Bonchev–Trinajstić information content (AvgIpc) is 2.59. The molecular weight excluding hydrogens is 364 g/mol. The van der Waals surface area contributed by atoms with Crippen LogP contribution in [0.15, 0.2) is 27.6 Å². The van der Waals surface area contributed by atoms with Crippen LogP contribution >= 0.6 is 0 Å². The first kappa shape index (κ1) is 19.8. The van der Waals surface area contributed by atoms with Gasteiger partial charge in [-0.05, 0) is 32.0 Å². The van der Waals surface area contributed by atoms with Crippen LogP contribution in [0.1, 0.15) is 25.0 Å². The van der Waals surface area contributed by atoms with Crippen LogP contribution in [0.25, 0.3) is 0 Å². The van der Waals surface area contributed by atoms with Gasteiger partial charge in [0, 0.05) is 18.2 Å². The summed E-state index contributed by atoms with van der Waals surface area (Å²) in [5, 5.41) is 11.1. The second-order valence-electron chi connectivity index (χ2n) is 6.37. The van der Waals surface area contributed by atoms with Gasteiger partial charge in [0.2, 0.25) is 0 Å². The van der Waals surface area contributed by atoms with E-state index in [1.54, 1.807) is 0 Å². The molecule has 0 fully saturated rings. The third-order valence-electron chi connectivity index (χ3n) is 4.50. The lowest BCUT2D eigenvalue weighted by molar-refractivity contribution is 0.199. The maximum Gasteiger partial charge on any atom is 0.410 e. The molecule has 0 unspecified atom stereocenters. The Labute approximate surface area is 150 Å². The number of hydrogen-bond donors (Lipinski definition) is 2. The normalized spacial score (nSPS) is 27.2. The fraction of sp³-hybridized carbons (Fsp3) is 0.412. The topological polar surface area (TPSA) is 91.1 Å². The number of hydrogen-bond acceptors (Lipinski definition) is 4. The third-order valence-corrected chi connectivity index (χ3v) is 7.75. The van der Waals surface area contributed by atoms with E-state index in [0.29, 0.717) is 5.56 Å². The van der Waals surface area contributed by atoms with E-state index in [-0.39, 0.29) is 11.4 Å². The maximum atomic E-state index is 14.5. The van der Waals surface area contributed by atoms with E-state index >= 15 is 0 Å². The fourth-order valence-electron chi connectivity index (χ4n) is 2.86. The van der Waals surface area contributed by atoms with Crippen LogP contribution in [0, 0.1) is 18.2 Å². The van der Waals surface area contributed by atoms with Gasteiger partial charge in [-0.3, -0.25) is 10.3 Å². The number of carbonyl (C=O) groups is 1. The molecule has 140 valence electrons. The largest absolute Gasteiger partial charge is 0.465 e. The van der Waals surface area contributed by atoms with Gasteiger partial charge < -0.3 is 5.11 Å². The lowest BCUT2D eigenvalue weighted by Gasteiger charge is -2.41. The number of carboxylic acid groups (broad SMARTS) is 1. The van der Waals surface area contributed by atoms with Gasteiger partial charge in [0.15, 0.2) is 0 Å². The molecule has 0 spiro atoms. The predicted octanol–water partition coefficient (Wildman–Crippen LogP) is 2.53. The standard InChI is InChI=1S/C17H19F2N3O3S/c1-5-11-6-7-13(19)12(8-11)17(9-18)10-26(25,20-4)16(2,3)14(22-17)21-15(23)24/h1,6-8H,9-10H2,2-4H3,(H,21,22)(H,23,24)/t17-,26-/m0/s1. The number of alkyl halides is 1. The molecule has 1 aliphatic rings. The highest BCUT2D eigenvalue weighted by Gasteiger charge is 2.51. The Hall–Kier alpha value is -2.47. The lowest BCUT2D eigenvalue weighted by Crippen LogP contribution is -2.58. The zero-order valence-corrected chi connectivity index (χ0v) is 15.4. The predicted molar refractivity (Wildman–Crippen MR) is 96.0 cm³/mol. The van der Waals surface area contributed by atoms with Crippen molar-refractivity contribution in [3.05, 3.63) is 35.1 Å². The number of amides is 1. The Morgan fingerprint density at radius 2 is 2.19 bits per heavy atom. The number of halogens is 2. The van der Waals surface area contributed by atoms with E-state index in [2.05, 4.69) is 20.6 Å². The molecule has 2 N–H and O–H groups in total. The quantitative estimate of drug-likeness (QED) is 0.769. The summed E-state index contributed by atoms with van der Waals surface area (Å²) in [5.41, 5.74) is -1.80.